The van der Waals surface area contributed by atoms with E-state index in [-0.39, 0.29) is 5.91 Å². The Labute approximate surface area is 154 Å². The van der Waals surface area contributed by atoms with Gasteiger partial charge in [0.25, 0.3) is 5.91 Å². The summed E-state index contributed by atoms with van der Waals surface area (Å²) in [6.45, 7) is 2.61. The minimum atomic E-state index is -0.244. The van der Waals surface area contributed by atoms with Crippen molar-refractivity contribution in [2.24, 2.45) is 0 Å². The lowest BCUT2D eigenvalue weighted by Gasteiger charge is -2.11. The lowest BCUT2D eigenvalue weighted by molar-refractivity contribution is 0.0976. The molecule has 2 N–H and O–H groups in total. The van der Waals surface area contributed by atoms with Gasteiger partial charge in [0.15, 0.2) is 5.11 Å². The summed E-state index contributed by atoms with van der Waals surface area (Å²) in [4.78, 5) is 12.2. The molecule has 23 heavy (non-hydrogen) atoms. The number of thiocarbonyl (C=S) groups is 1. The van der Waals surface area contributed by atoms with Crippen molar-refractivity contribution in [1.82, 2.24) is 10.6 Å². The van der Waals surface area contributed by atoms with E-state index in [1.807, 2.05) is 31.2 Å². The van der Waals surface area contributed by atoms with Crippen LogP contribution in [-0.4, -0.2) is 18.1 Å². The van der Waals surface area contributed by atoms with Gasteiger partial charge < -0.3 is 10.1 Å². The molecule has 0 saturated heterocycles. The second kappa shape index (κ2) is 8.26. The number of rotatable bonds is 4. The number of carbonyl (C=O) groups excluding carboxylic acids is 1. The number of hydrogen-bond donors (Lipinski definition) is 2. The number of benzene rings is 2. The van der Waals surface area contributed by atoms with E-state index in [4.69, 9.17) is 17.0 Å². The van der Waals surface area contributed by atoms with Gasteiger partial charge in [-0.2, -0.15) is 0 Å². The van der Waals surface area contributed by atoms with E-state index in [9.17, 15) is 4.79 Å². The second-order valence-corrected chi connectivity index (χ2v) is 6.54. The predicted molar refractivity (Wildman–Crippen MR) is 104 cm³/mol. The van der Waals surface area contributed by atoms with E-state index in [1.165, 1.54) is 5.56 Å². The summed E-state index contributed by atoms with van der Waals surface area (Å²) < 4.78 is 6.05. The second-order valence-electron chi connectivity index (χ2n) is 4.97. The predicted octanol–water partition coefficient (Wildman–Crippen LogP) is 3.41. The van der Waals surface area contributed by atoms with Crippen LogP contribution in [0.25, 0.3) is 0 Å². The molecule has 0 atom stereocenters. The van der Waals surface area contributed by atoms with Gasteiger partial charge in [-0.05, 0) is 65.5 Å². The molecule has 2 aromatic carbocycles. The molecular formula is C17H17IN2O2S. The van der Waals surface area contributed by atoms with Crippen molar-refractivity contribution in [1.29, 1.82) is 0 Å². The van der Waals surface area contributed by atoms with E-state index in [2.05, 4.69) is 33.2 Å². The molecule has 120 valence electrons. The Hall–Kier alpha value is -1.67. The number of ether oxygens (including phenoxy) is 1. The summed E-state index contributed by atoms with van der Waals surface area (Å²) in [6, 6.07) is 13.4. The fourth-order valence-electron chi connectivity index (χ4n) is 1.92. The Morgan fingerprint density at radius 3 is 2.52 bits per heavy atom. The van der Waals surface area contributed by atoms with Crippen molar-refractivity contribution in [3.05, 3.63) is 62.7 Å². The average molecular weight is 440 g/mol. The molecule has 0 spiro atoms. The zero-order valence-electron chi connectivity index (χ0n) is 12.9. The van der Waals surface area contributed by atoms with Crippen LogP contribution in [-0.2, 0) is 6.54 Å². The van der Waals surface area contributed by atoms with Gasteiger partial charge >= 0.3 is 0 Å². The van der Waals surface area contributed by atoms with Crippen molar-refractivity contribution in [2.75, 3.05) is 7.11 Å². The van der Waals surface area contributed by atoms with Gasteiger partial charge in [-0.3, -0.25) is 10.1 Å². The molecule has 0 aliphatic rings. The van der Waals surface area contributed by atoms with Gasteiger partial charge in [0.1, 0.15) is 5.75 Å². The largest absolute Gasteiger partial charge is 0.496 e. The minimum Gasteiger partial charge on any atom is -0.496 e. The first-order chi connectivity index (χ1) is 11.0. The van der Waals surface area contributed by atoms with Crippen molar-refractivity contribution >= 4 is 45.8 Å². The Morgan fingerprint density at radius 2 is 1.91 bits per heavy atom. The van der Waals surface area contributed by atoms with E-state index in [1.54, 1.807) is 25.3 Å². The van der Waals surface area contributed by atoms with Crippen LogP contribution < -0.4 is 15.4 Å². The highest BCUT2D eigenvalue weighted by atomic mass is 127. The van der Waals surface area contributed by atoms with Crippen molar-refractivity contribution < 1.29 is 9.53 Å². The third-order valence-corrected chi connectivity index (χ3v) is 4.30. The van der Waals surface area contributed by atoms with E-state index >= 15 is 0 Å². The minimum absolute atomic E-state index is 0.244. The maximum atomic E-state index is 12.2. The van der Waals surface area contributed by atoms with Crippen LogP contribution in [0.5, 0.6) is 5.75 Å². The van der Waals surface area contributed by atoms with E-state index < -0.39 is 0 Å². The number of halogens is 1. The molecule has 2 rings (SSSR count). The first-order valence-corrected chi connectivity index (χ1v) is 8.46. The fraction of sp³-hybridized carbons (Fsp3) is 0.176. The van der Waals surface area contributed by atoms with Crippen LogP contribution in [0.3, 0.4) is 0 Å². The molecule has 0 fully saturated rings. The molecule has 6 heteroatoms. The summed E-state index contributed by atoms with van der Waals surface area (Å²) in [5, 5.41) is 6.02. The van der Waals surface area contributed by atoms with Crippen LogP contribution in [0.15, 0.2) is 42.5 Å². The van der Waals surface area contributed by atoms with Crippen molar-refractivity contribution in [2.45, 2.75) is 13.5 Å². The summed E-state index contributed by atoms with van der Waals surface area (Å²) in [5.74, 6) is 0.495. The molecule has 1 amide bonds. The Morgan fingerprint density at radius 1 is 1.22 bits per heavy atom. The van der Waals surface area contributed by atoms with Crippen molar-refractivity contribution in [3.8, 4) is 5.75 Å². The number of methoxy groups -OCH3 is 1. The maximum Gasteiger partial charge on any atom is 0.257 e. The Kier molecular flexibility index (Phi) is 6.35. The highest BCUT2D eigenvalue weighted by molar-refractivity contribution is 14.1. The van der Waals surface area contributed by atoms with Gasteiger partial charge in [0.05, 0.1) is 10.7 Å². The lowest BCUT2D eigenvalue weighted by Crippen LogP contribution is -2.38. The molecule has 0 bridgehead atoms. The van der Waals surface area contributed by atoms with Crippen LogP contribution >= 0.6 is 34.8 Å². The average Bonchev–Trinajstić information content (AvgIpc) is 2.54. The molecule has 2 aromatic rings. The summed E-state index contributed by atoms with van der Waals surface area (Å²) in [5.41, 5.74) is 2.85. The molecular weight excluding hydrogens is 423 g/mol. The van der Waals surface area contributed by atoms with Gasteiger partial charge in [0, 0.05) is 12.1 Å². The Balaban J connectivity index is 1.90. The molecule has 0 heterocycles. The third-order valence-electron chi connectivity index (χ3n) is 3.21. The van der Waals surface area contributed by atoms with Crippen LogP contribution in [0.4, 0.5) is 0 Å². The standard InChI is InChI=1S/C17H17IN2O2S/c1-11-3-5-12(6-4-11)10-19-17(23)20-16(21)13-7-8-15(22-2)14(18)9-13/h3-9H,10H2,1-2H3,(H2,19,20,21,23). The number of hydrogen-bond acceptors (Lipinski definition) is 3. The summed E-state index contributed by atoms with van der Waals surface area (Å²) >= 11 is 7.29. The third kappa shape index (κ3) is 5.18. The van der Waals surface area contributed by atoms with Crippen LogP contribution in [0.2, 0.25) is 0 Å². The molecule has 0 aromatic heterocycles. The SMILES string of the molecule is COc1ccc(C(=O)NC(=S)NCc2ccc(C)cc2)cc1I. The zero-order valence-corrected chi connectivity index (χ0v) is 15.8. The molecule has 0 saturated carbocycles. The fourth-order valence-corrected chi connectivity index (χ4v) is 2.82. The quantitative estimate of drug-likeness (QED) is 0.566. The summed E-state index contributed by atoms with van der Waals surface area (Å²) in [7, 11) is 1.60. The first kappa shape index (κ1) is 17.7. The lowest BCUT2D eigenvalue weighted by atomic mass is 10.1. The molecule has 0 radical (unpaired) electrons. The maximum absolute atomic E-state index is 12.2. The normalized spacial score (nSPS) is 10.0. The number of amides is 1. The monoisotopic (exact) mass is 440 g/mol. The molecule has 0 aliphatic carbocycles. The van der Waals surface area contributed by atoms with Gasteiger partial charge in [0.2, 0.25) is 0 Å². The molecule has 0 unspecified atom stereocenters. The number of nitrogens with one attached hydrogen (secondary N) is 2. The molecule has 0 aliphatic heterocycles. The highest BCUT2D eigenvalue weighted by Gasteiger charge is 2.10. The molecule has 4 nitrogen and oxygen atoms in total. The Bertz CT molecular complexity index is 717. The smallest absolute Gasteiger partial charge is 0.257 e. The highest BCUT2D eigenvalue weighted by Crippen LogP contribution is 2.21. The van der Waals surface area contributed by atoms with Crippen LogP contribution in [0, 0.1) is 10.5 Å². The number of carbonyl (C=O) groups is 1. The zero-order chi connectivity index (χ0) is 16.8. The topological polar surface area (TPSA) is 50.4 Å². The van der Waals surface area contributed by atoms with Crippen LogP contribution in [0.1, 0.15) is 21.5 Å². The summed E-state index contributed by atoms with van der Waals surface area (Å²) in [6.07, 6.45) is 0. The van der Waals surface area contributed by atoms with Gasteiger partial charge in [-0.25, -0.2) is 0 Å². The van der Waals surface area contributed by atoms with Crippen molar-refractivity contribution in [3.63, 3.8) is 0 Å². The van der Waals surface area contributed by atoms with E-state index in [0.717, 1.165) is 14.9 Å². The van der Waals surface area contributed by atoms with E-state index in [0.29, 0.717) is 17.2 Å². The first-order valence-electron chi connectivity index (χ1n) is 6.98. The van der Waals surface area contributed by atoms with Gasteiger partial charge in [-0.15, -0.1) is 0 Å². The van der Waals surface area contributed by atoms with Gasteiger partial charge in [-0.1, -0.05) is 29.8 Å². The number of aryl methyl sites for hydroxylation is 1.